The van der Waals surface area contributed by atoms with E-state index in [1.165, 1.54) is 0 Å². The molecule has 0 spiro atoms. The van der Waals surface area contributed by atoms with Crippen molar-refractivity contribution in [3.8, 4) is 22.0 Å². The monoisotopic (exact) mass is 271 g/mol. The molecule has 0 unspecified atom stereocenters. The Morgan fingerprint density at radius 1 is 1.21 bits per heavy atom. The van der Waals surface area contributed by atoms with Crippen LogP contribution in [0, 0.1) is 0 Å². The highest BCUT2D eigenvalue weighted by Gasteiger charge is 2.09. The Hall–Kier alpha value is -2.27. The highest BCUT2D eigenvalue weighted by molar-refractivity contribution is 7.13. The fourth-order valence-corrected chi connectivity index (χ4v) is 2.55. The van der Waals surface area contributed by atoms with Crippen LogP contribution < -0.4 is 10.5 Å². The minimum Gasteiger partial charge on any atom is -0.497 e. The lowest BCUT2D eigenvalue weighted by Gasteiger charge is -2.05. The molecule has 2 N–H and O–H groups in total. The van der Waals surface area contributed by atoms with E-state index in [9.17, 15) is 0 Å². The summed E-state index contributed by atoms with van der Waals surface area (Å²) in [6, 6.07) is 13.6. The molecule has 0 bridgehead atoms. The van der Waals surface area contributed by atoms with Crippen molar-refractivity contribution < 1.29 is 4.74 Å². The first-order valence-electron chi connectivity index (χ1n) is 5.82. The van der Waals surface area contributed by atoms with Crippen molar-refractivity contribution in [3.63, 3.8) is 0 Å². The van der Waals surface area contributed by atoms with Gasteiger partial charge in [0.2, 0.25) is 0 Å². The Morgan fingerprint density at radius 3 is 2.63 bits per heavy atom. The topological polar surface area (TPSA) is 53.1 Å². The Kier molecular flexibility index (Phi) is 2.97. The molecule has 96 valence electrons. The average molecular weight is 271 g/mol. The van der Waals surface area contributed by atoms with E-state index in [4.69, 9.17) is 10.5 Å². The van der Waals surface area contributed by atoms with Crippen LogP contribution >= 0.6 is 11.3 Å². The minimum atomic E-state index is 0.619. The van der Waals surface area contributed by atoms with E-state index in [2.05, 4.69) is 5.10 Å². The predicted octanol–water partition coefficient (Wildman–Crippen LogP) is 3.19. The van der Waals surface area contributed by atoms with Gasteiger partial charge in [-0.2, -0.15) is 5.10 Å². The fourth-order valence-electron chi connectivity index (χ4n) is 1.87. The second kappa shape index (κ2) is 4.78. The third-order valence-electron chi connectivity index (χ3n) is 2.83. The molecule has 0 atom stereocenters. The molecule has 1 aromatic carbocycles. The molecule has 3 rings (SSSR count). The summed E-state index contributed by atoms with van der Waals surface area (Å²) in [5.41, 5.74) is 7.83. The number of ether oxygens (including phenoxy) is 1. The summed E-state index contributed by atoms with van der Waals surface area (Å²) in [4.78, 5) is 1.11. The van der Waals surface area contributed by atoms with E-state index in [-0.39, 0.29) is 0 Å². The van der Waals surface area contributed by atoms with Gasteiger partial charge < -0.3 is 10.5 Å². The Morgan fingerprint density at radius 2 is 2.00 bits per heavy atom. The maximum Gasteiger partial charge on any atom is 0.127 e. The van der Waals surface area contributed by atoms with Gasteiger partial charge in [-0.05, 0) is 35.7 Å². The van der Waals surface area contributed by atoms with Crippen molar-refractivity contribution in [1.29, 1.82) is 0 Å². The van der Waals surface area contributed by atoms with Gasteiger partial charge in [-0.3, -0.25) is 0 Å². The van der Waals surface area contributed by atoms with Crippen molar-refractivity contribution in [2.75, 3.05) is 12.8 Å². The first kappa shape index (κ1) is 11.8. The number of thiophene rings is 1. The average Bonchev–Trinajstić information content (AvgIpc) is 3.08. The van der Waals surface area contributed by atoms with Gasteiger partial charge in [-0.1, -0.05) is 6.07 Å². The zero-order valence-electron chi connectivity index (χ0n) is 10.4. The molecule has 0 amide bonds. The van der Waals surface area contributed by atoms with Crippen LogP contribution in [0.25, 0.3) is 16.3 Å². The van der Waals surface area contributed by atoms with Crippen LogP contribution in [0.15, 0.2) is 47.8 Å². The van der Waals surface area contributed by atoms with Crippen LogP contribution in [0.2, 0.25) is 0 Å². The number of hydrogen-bond donors (Lipinski definition) is 1. The molecule has 19 heavy (non-hydrogen) atoms. The summed E-state index contributed by atoms with van der Waals surface area (Å²) in [6.07, 6.45) is 0. The quantitative estimate of drug-likeness (QED) is 0.796. The molecule has 3 aromatic rings. The predicted molar refractivity (Wildman–Crippen MR) is 77.8 cm³/mol. The van der Waals surface area contributed by atoms with E-state index in [0.717, 1.165) is 22.0 Å². The number of rotatable bonds is 3. The van der Waals surface area contributed by atoms with Gasteiger partial charge in [-0.25, -0.2) is 4.68 Å². The van der Waals surface area contributed by atoms with Crippen molar-refractivity contribution in [1.82, 2.24) is 9.78 Å². The summed E-state index contributed by atoms with van der Waals surface area (Å²) in [5, 5.41) is 6.56. The summed E-state index contributed by atoms with van der Waals surface area (Å²) in [7, 11) is 1.65. The van der Waals surface area contributed by atoms with Crippen LogP contribution in [0.3, 0.4) is 0 Å². The molecule has 0 saturated carbocycles. The summed E-state index contributed by atoms with van der Waals surface area (Å²) < 4.78 is 6.87. The van der Waals surface area contributed by atoms with E-state index in [0.29, 0.717) is 5.82 Å². The van der Waals surface area contributed by atoms with Crippen LogP contribution in [-0.2, 0) is 0 Å². The summed E-state index contributed by atoms with van der Waals surface area (Å²) >= 11 is 1.65. The number of nitrogen functional groups attached to an aromatic ring is 1. The van der Waals surface area contributed by atoms with E-state index >= 15 is 0 Å². The zero-order chi connectivity index (χ0) is 13.2. The van der Waals surface area contributed by atoms with Crippen LogP contribution in [0.1, 0.15) is 0 Å². The molecule has 2 aromatic heterocycles. The molecular weight excluding hydrogens is 258 g/mol. The number of methoxy groups -OCH3 is 1. The molecule has 0 radical (unpaired) electrons. The van der Waals surface area contributed by atoms with Crippen LogP contribution in [-0.4, -0.2) is 16.9 Å². The van der Waals surface area contributed by atoms with E-state index in [1.807, 2.05) is 47.8 Å². The molecule has 0 fully saturated rings. The number of nitrogens with zero attached hydrogens (tertiary/aromatic N) is 2. The number of hydrogen-bond acceptors (Lipinski definition) is 4. The molecule has 2 heterocycles. The van der Waals surface area contributed by atoms with E-state index in [1.54, 1.807) is 23.1 Å². The Labute approximate surface area is 115 Å². The number of benzene rings is 1. The lowest BCUT2D eigenvalue weighted by molar-refractivity contribution is 0.414. The Bertz CT molecular complexity index is 671. The Balaban J connectivity index is 2.00. The first-order chi connectivity index (χ1) is 9.28. The number of anilines is 1. The van der Waals surface area contributed by atoms with Gasteiger partial charge in [0.15, 0.2) is 0 Å². The number of nitrogens with two attached hydrogens (primary N) is 1. The van der Waals surface area contributed by atoms with Crippen molar-refractivity contribution in [2.45, 2.75) is 0 Å². The smallest absolute Gasteiger partial charge is 0.127 e. The van der Waals surface area contributed by atoms with Crippen molar-refractivity contribution in [3.05, 3.63) is 47.8 Å². The van der Waals surface area contributed by atoms with Crippen molar-refractivity contribution >= 4 is 17.2 Å². The molecule has 0 aliphatic carbocycles. The normalized spacial score (nSPS) is 10.6. The zero-order valence-corrected chi connectivity index (χ0v) is 11.2. The van der Waals surface area contributed by atoms with Gasteiger partial charge in [0, 0.05) is 6.07 Å². The minimum absolute atomic E-state index is 0.619. The number of aromatic nitrogens is 2. The maximum absolute atomic E-state index is 6.02. The van der Waals surface area contributed by atoms with Gasteiger partial charge in [0.25, 0.3) is 0 Å². The molecule has 4 nitrogen and oxygen atoms in total. The van der Waals surface area contributed by atoms with Gasteiger partial charge >= 0.3 is 0 Å². The molecule has 0 aliphatic rings. The van der Waals surface area contributed by atoms with Crippen LogP contribution in [0.4, 0.5) is 5.82 Å². The summed E-state index contributed by atoms with van der Waals surface area (Å²) in [6.45, 7) is 0. The maximum atomic E-state index is 6.02. The lowest BCUT2D eigenvalue weighted by Crippen LogP contribution is -2.01. The largest absolute Gasteiger partial charge is 0.497 e. The van der Waals surface area contributed by atoms with Gasteiger partial charge in [-0.15, -0.1) is 11.3 Å². The lowest BCUT2D eigenvalue weighted by atomic mass is 10.3. The summed E-state index contributed by atoms with van der Waals surface area (Å²) in [5.74, 6) is 1.43. The van der Waals surface area contributed by atoms with Gasteiger partial charge in [0.1, 0.15) is 17.3 Å². The standard InChI is InChI=1S/C14H13N3OS/c1-18-11-6-4-10(5-7-11)17-14(15)9-12(16-17)13-3-2-8-19-13/h2-9H,15H2,1H3. The highest BCUT2D eigenvalue weighted by atomic mass is 32.1. The third-order valence-corrected chi connectivity index (χ3v) is 3.72. The molecule has 5 heteroatoms. The first-order valence-corrected chi connectivity index (χ1v) is 6.70. The van der Waals surface area contributed by atoms with Crippen LogP contribution in [0.5, 0.6) is 5.75 Å². The molecule has 0 saturated heterocycles. The van der Waals surface area contributed by atoms with Gasteiger partial charge in [0.05, 0.1) is 17.7 Å². The van der Waals surface area contributed by atoms with Crippen molar-refractivity contribution in [2.24, 2.45) is 0 Å². The van der Waals surface area contributed by atoms with E-state index < -0.39 is 0 Å². The molecular formula is C14H13N3OS. The fraction of sp³-hybridized carbons (Fsp3) is 0.0714. The highest BCUT2D eigenvalue weighted by Crippen LogP contribution is 2.27. The second-order valence-electron chi connectivity index (χ2n) is 4.04. The SMILES string of the molecule is COc1ccc(-n2nc(-c3cccs3)cc2N)cc1. The molecule has 0 aliphatic heterocycles. The second-order valence-corrected chi connectivity index (χ2v) is 4.99. The third kappa shape index (κ3) is 2.20.